The summed E-state index contributed by atoms with van der Waals surface area (Å²) in [5.41, 5.74) is 2.99. The molecule has 1 N–H and O–H groups in total. The Balaban J connectivity index is 1.68. The fourth-order valence-corrected chi connectivity index (χ4v) is 3.04. The van der Waals surface area contributed by atoms with Crippen molar-refractivity contribution >= 4 is 23.5 Å². The number of carbonyl (C=O) groups is 2. The lowest BCUT2D eigenvalue weighted by Gasteiger charge is -2.12. The van der Waals surface area contributed by atoms with Crippen molar-refractivity contribution < 1.29 is 23.8 Å². The van der Waals surface area contributed by atoms with E-state index in [0.29, 0.717) is 28.5 Å². The third-order valence-corrected chi connectivity index (χ3v) is 4.68. The molecule has 0 heterocycles. The number of hydrogen-bond donors (Lipinski definition) is 1. The SMILES string of the molecule is COc1ccc(C(=O)/C=C/c2ccc(OC)c(COc3ccc(NC(C)=O)cc3)c2)cc1. The Morgan fingerprint density at radius 2 is 1.56 bits per heavy atom. The quantitative estimate of drug-likeness (QED) is 0.375. The van der Waals surface area contributed by atoms with Crippen LogP contribution < -0.4 is 19.5 Å². The molecular weight excluding hydrogens is 406 g/mol. The number of amides is 1. The van der Waals surface area contributed by atoms with Crippen molar-refractivity contribution in [2.45, 2.75) is 13.5 Å². The molecule has 0 saturated carbocycles. The van der Waals surface area contributed by atoms with Gasteiger partial charge in [-0.25, -0.2) is 0 Å². The van der Waals surface area contributed by atoms with Gasteiger partial charge in [0.15, 0.2) is 5.78 Å². The predicted molar refractivity (Wildman–Crippen MR) is 124 cm³/mol. The number of benzene rings is 3. The van der Waals surface area contributed by atoms with Gasteiger partial charge in [0.25, 0.3) is 0 Å². The minimum absolute atomic E-state index is 0.0967. The highest BCUT2D eigenvalue weighted by Crippen LogP contribution is 2.24. The van der Waals surface area contributed by atoms with Gasteiger partial charge in [-0.1, -0.05) is 12.1 Å². The first-order valence-corrected chi connectivity index (χ1v) is 10.0. The predicted octanol–water partition coefficient (Wildman–Crippen LogP) is 5.14. The van der Waals surface area contributed by atoms with Gasteiger partial charge in [0, 0.05) is 23.7 Å². The molecule has 0 saturated heterocycles. The van der Waals surface area contributed by atoms with Gasteiger partial charge < -0.3 is 19.5 Å². The second-order valence-corrected chi connectivity index (χ2v) is 6.99. The van der Waals surface area contributed by atoms with E-state index in [9.17, 15) is 9.59 Å². The number of ketones is 1. The molecule has 0 aliphatic heterocycles. The summed E-state index contributed by atoms with van der Waals surface area (Å²) in [5, 5.41) is 2.72. The van der Waals surface area contributed by atoms with Gasteiger partial charge in [0.1, 0.15) is 23.9 Å². The molecule has 0 fully saturated rings. The van der Waals surface area contributed by atoms with Crippen LogP contribution in [0.3, 0.4) is 0 Å². The fourth-order valence-electron chi connectivity index (χ4n) is 3.04. The zero-order valence-electron chi connectivity index (χ0n) is 18.3. The lowest BCUT2D eigenvalue weighted by atomic mass is 10.1. The van der Waals surface area contributed by atoms with Crippen LogP contribution in [0.15, 0.2) is 72.8 Å². The Bertz CT molecular complexity index is 1100. The number of nitrogens with one attached hydrogen (secondary N) is 1. The van der Waals surface area contributed by atoms with Crippen LogP contribution in [-0.2, 0) is 11.4 Å². The summed E-state index contributed by atoms with van der Waals surface area (Å²) >= 11 is 0. The molecule has 0 aliphatic rings. The highest BCUT2D eigenvalue weighted by Gasteiger charge is 2.07. The number of ether oxygens (including phenoxy) is 3. The van der Waals surface area contributed by atoms with E-state index < -0.39 is 0 Å². The van der Waals surface area contributed by atoms with E-state index in [-0.39, 0.29) is 18.3 Å². The standard InChI is InChI=1S/C26H25NO5/c1-18(28)27-22-8-12-24(13-9-22)32-17-21-16-19(5-15-26(21)31-3)4-14-25(29)20-6-10-23(30-2)11-7-20/h4-16H,17H2,1-3H3,(H,27,28)/b14-4+. The molecule has 6 heteroatoms. The fraction of sp³-hybridized carbons (Fsp3) is 0.154. The van der Waals surface area contributed by atoms with Crippen molar-refractivity contribution in [2.24, 2.45) is 0 Å². The number of anilines is 1. The van der Waals surface area contributed by atoms with Gasteiger partial charge in [-0.15, -0.1) is 0 Å². The molecule has 0 spiro atoms. The summed E-state index contributed by atoms with van der Waals surface area (Å²) in [6, 6.07) is 19.7. The average Bonchev–Trinajstić information content (AvgIpc) is 2.81. The molecule has 1 amide bonds. The van der Waals surface area contributed by atoms with Crippen LogP contribution in [0.2, 0.25) is 0 Å². The third-order valence-electron chi connectivity index (χ3n) is 4.68. The number of rotatable bonds is 9. The second-order valence-electron chi connectivity index (χ2n) is 6.99. The molecule has 0 bridgehead atoms. The monoisotopic (exact) mass is 431 g/mol. The topological polar surface area (TPSA) is 73.9 Å². The molecule has 0 radical (unpaired) electrons. The van der Waals surface area contributed by atoms with E-state index in [1.807, 2.05) is 18.2 Å². The first kappa shape index (κ1) is 22.6. The summed E-state index contributed by atoms with van der Waals surface area (Å²) in [5.74, 6) is 1.84. The third kappa shape index (κ3) is 6.22. The maximum absolute atomic E-state index is 12.4. The van der Waals surface area contributed by atoms with Crippen LogP contribution in [0.5, 0.6) is 17.2 Å². The maximum atomic E-state index is 12.4. The highest BCUT2D eigenvalue weighted by atomic mass is 16.5. The van der Waals surface area contributed by atoms with Crippen molar-refractivity contribution in [3.63, 3.8) is 0 Å². The Labute approximate surface area is 187 Å². The Kier molecular flexibility index (Phi) is 7.65. The summed E-state index contributed by atoms with van der Waals surface area (Å²) in [4.78, 5) is 23.6. The molecule has 6 nitrogen and oxygen atoms in total. The number of carbonyl (C=O) groups excluding carboxylic acids is 2. The van der Waals surface area contributed by atoms with Crippen molar-refractivity contribution in [3.05, 3.63) is 89.5 Å². The normalized spacial score (nSPS) is 10.6. The van der Waals surface area contributed by atoms with Crippen molar-refractivity contribution in [3.8, 4) is 17.2 Å². The van der Waals surface area contributed by atoms with Gasteiger partial charge in [-0.05, 0) is 72.3 Å². The van der Waals surface area contributed by atoms with Gasteiger partial charge in [-0.3, -0.25) is 9.59 Å². The summed E-state index contributed by atoms with van der Waals surface area (Å²) in [6.07, 6.45) is 3.30. The van der Waals surface area contributed by atoms with Gasteiger partial charge in [0.05, 0.1) is 14.2 Å². The van der Waals surface area contributed by atoms with Crippen LogP contribution in [0.1, 0.15) is 28.4 Å². The van der Waals surface area contributed by atoms with Crippen molar-refractivity contribution in [1.82, 2.24) is 0 Å². The maximum Gasteiger partial charge on any atom is 0.221 e. The van der Waals surface area contributed by atoms with Crippen LogP contribution in [-0.4, -0.2) is 25.9 Å². The molecule has 3 aromatic carbocycles. The van der Waals surface area contributed by atoms with Crippen LogP contribution in [0, 0.1) is 0 Å². The average molecular weight is 431 g/mol. The van der Waals surface area contributed by atoms with Gasteiger partial charge in [-0.2, -0.15) is 0 Å². The van der Waals surface area contributed by atoms with Crippen LogP contribution in [0.4, 0.5) is 5.69 Å². The largest absolute Gasteiger partial charge is 0.497 e. The second kappa shape index (κ2) is 10.8. The van der Waals surface area contributed by atoms with Crippen molar-refractivity contribution in [1.29, 1.82) is 0 Å². The lowest BCUT2D eigenvalue weighted by Crippen LogP contribution is -2.05. The summed E-state index contributed by atoms with van der Waals surface area (Å²) in [6.45, 7) is 1.75. The van der Waals surface area contributed by atoms with E-state index in [1.165, 1.54) is 13.0 Å². The molecule has 3 aromatic rings. The van der Waals surface area contributed by atoms with Gasteiger partial charge >= 0.3 is 0 Å². The molecule has 0 aliphatic carbocycles. The van der Waals surface area contributed by atoms with E-state index in [1.54, 1.807) is 68.8 Å². The molecule has 0 unspecified atom stereocenters. The zero-order chi connectivity index (χ0) is 22.9. The molecule has 164 valence electrons. The molecule has 3 rings (SSSR count). The molecular formula is C26H25NO5. The van der Waals surface area contributed by atoms with E-state index in [4.69, 9.17) is 14.2 Å². The lowest BCUT2D eigenvalue weighted by molar-refractivity contribution is -0.114. The number of allylic oxidation sites excluding steroid dienone is 1. The molecule has 0 atom stereocenters. The van der Waals surface area contributed by atoms with E-state index in [0.717, 1.165) is 11.1 Å². The van der Waals surface area contributed by atoms with E-state index >= 15 is 0 Å². The Morgan fingerprint density at radius 1 is 0.875 bits per heavy atom. The molecule has 0 aromatic heterocycles. The first-order chi connectivity index (χ1) is 15.5. The number of hydrogen-bond acceptors (Lipinski definition) is 5. The Morgan fingerprint density at radius 3 is 2.19 bits per heavy atom. The minimum Gasteiger partial charge on any atom is -0.497 e. The Hall–Kier alpha value is -4.06. The highest BCUT2D eigenvalue weighted by molar-refractivity contribution is 6.06. The van der Waals surface area contributed by atoms with Crippen LogP contribution >= 0.6 is 0 Å². The van der Waals surface area contributed by atoms with Crippen LogP contribution in [0.25, 0.3) is 6.08 Å². The molecule has 32 heavy (non-hydrogen) atoms. The summed E-state index contributed by atoms with van der Waals surface area (Å²) < 4.78 is 16.4. The summed E-state index contributed by atoms with van der Waals surface area (Å²) in [7, 11) is 3.19. The first-order valence-electron chi connectivity index (χ1n) is 10.0. The zero-order valence-corrected chi connectivity index (χ0v) is 18.3. The van der Waals surface area contributed by atoms with E-state index in [2.05, 4.69) is 5.32 Å². The van der Waals surface area contributed by atoms with Crippen molar-refractivity contribution in [2.75, 3.05) is 19.5 Å². The van der Waals surface area contributed by atoms with Gasteiger partial charge in [0.2, 0.25) is 5.91 Å². The minimum atomic E-state index is -0.126. The smallest absolute Gasteiger partial charge is 0.221 e. The number of methoxy groups -OCH3 is 2.